The van der Waals surface area contributed by atoms with Crippen LogP contribution >= 0.6 is 0 Å². The standard InChI is InChI=1S/C14H12N2O2/c1-16-14(18)10-8-12(15-16)7-9-13(17)11-5-3-2-4-6-11/h2-10H,1H3/b9-7+. The fraction of sp³-hybridized carbons (Fsp3) is 0.0714. The zero-order chi connectivity index (χ0) is 13.0. The maximum Gasteiger partial charge on any atom is 0.266 e. The highest BCUT2D eigenvalue weighted by atomic mass is 16.1. The molecule has 4 heteroatoms. The van der Waals surface area contributed by atoms with Gasteiger partial charge in [0.25, 0.3) is 5.56 Å². The summed E-state index contributed by atoms with van der Waals surface area (Å²) in [6.45, 7) is 0. The van der Waals surface area contributed by atoms with Crippen molar-refractivity contribution < 1.29 is 4.79 Å². The van der Waals surface area contributed by atoms with Gasteiger partial charge in [0.1, 0.15) is 0 Å². The van der Waals surface area contributed by atoms with Crippen molar-refractivity contribution in [2.24, 2.45) is 7.05 Å². The molecule has 0 aliphatic rings. The van der Waals surface area contributed by atoms with Crippen molar-refractivity contribution in [3.05, 3.63) is 70.2 Å². The molecule has 0 spiro atoms. The number of hydrogen-bond acceptors (Lipinski definition) is 3. The predicted octanol–water partition coefficient (Wildman–Crippen LogP) is 1.68. The minimum atomic E-state index is -0.179. The highest BCUT2D eigenvalue weighted by molar-refractivity contribution is 6.06. The molecule has 0 fully saturated rings. The van der Waals surface area contributed by atoms with E-state index in [1.54, 1.807) is 31.3 Å². The molecular weight excluding hydrogens is 228 g/mol. The largest absolute Gasteiger partial charge is 0.289 e. The quantitative estimate of drug-likeness (QED) is 0.605. The Morgan fingerprint density at radius 3 is 2.56 bits per heavy atom. The van der Waals surface area contributed by atoms with Crippen LogP contribution in [0.5, 0.6) is 0 Å². The number of nitrogens with zero attached hydrogens (tertiary/aromatic N) is 2. The lowest BCUT2D eigenvalue weighted by Crippen LogP contribution is -2.18. The van der Waals surface area contributed by atoms with E-state index < -0.39 is 0 Å². The number of rotatable bonds is 3. The van der Waals surface area contributed by atoms with Crippen molar-refractivity contribution in [2.45, 2.75) is 0 Å². The molecule has 1 aromatic heterocycles. The summed E-state index contributed by atoms with van der Waals surface area (Å²) >= 11 is 0. The van der Waals surface area contributed by atoms with E-state index in [1.165, 1.54) is 16.8 Å². The summed E-state index contributed by atoms with van der Waals surface area (Å²) in [6, 6.07) is 12.0. The summed E-state index contributed by atoms with van der Waals surface area (Å²) in [7, 11) is 1.57. The number of aromatic nitrogens is 2. The summed E-state index contributed by atoms with van der Waals surface area (Å²) in [5.41, 5.74) is 1.02. The number of benzene rings is 1. The molecule has 0 unspecified atom stereocenters. The van der Waals surface area contributed by atoms with Gasteiger partial charge in [-0.05, 0) is 18.2 Å². The molecule has 0 radical (unpaired) electrons. The third kappa shape index (κ3) is 2.79. The van der Waals surface area contributed by atoms with E-state index in [-0.39, 0.29) is 11.3 Å². The molecule has 2 aromatic rings. The topological polar surface area (TPSA) is 52.0 Å². The summed E-state index contributed by atoms with van der Waals surface area (Å²) in [5, 5.41) is 4.00. The van der Waals surface area contributed by atoms with Crippen molar-refractivity contribution in [2.75, 3.05) is 0 Å². The van der Waals surface area contributed by atoms with Crippen LogP contribution in [-0.4, -0.2) is 15.6 Å². The fourth-order valence-electron chi connectivity index (χ4n) is 1.47. The lowest BCUT2D eigenvalue weighted by atomic mass is 10.1. The molecule has 0 amide bonds. The summed E-state index contributed by atoms with van der Waals surface area (Å²) in [4.78, 5) is 22.9. The molecule has 0 saturated carbocycles. The van der Waals surface area contributed by atoms with Crippen molar-refractivity contribution in [3.63, 3.8) is 0 Å². The van der Waals surface area contributed by atoms with Gasteiger partial charge < -0.3 is 0 Å². The number of aryl methyl sites for hydroxylation is 1. The maximum absolute atomic E-state index is 11.8. The van der Waals surface area contributed by atoms with Crippen LogP contribution in [0.25, 0.3) is 6.08 Å². The van der Waals surface area contributed by atoms with Crippen molar-refractivity contribution >= 4 is 11.9 Å². The number of hydrogen-bond donors (Lipinski definition) is 0. The Hall–Kier alpha value is -2.49. The first kappa shape index (κ1) is 12.0. The second kappa shape index (κ2) is 5.23. The van der Waals surface area contributed by atoms with Crippen LogP contribution in [0, 0.1) is 0 Å². The van der Waals surface area contributed by atoms with Gasteiger partial charge in [0, 0.05) is 18.7 Å². The van der Waals surface area contributed by atoms with Gasteiger partial charge in [-0.15, -0.1) is 0 Å². The SMILES string of the molecule is Cn1nc(/C=C/C(=O)c2ccccc2)ccc1=O. The Morgan fingerprint density at radius 2 is 1.89 bits per heavy atom. The van der Waals surface area contributed by atoms with E-state index in [0.29, 0.717) is 11.3 Å². The zero-order valence-electron chi connectivity index (χ0n) is 9.91. The first-order valence-corrected chi connectivity index (χ1v) is 5.48. The summed E-state index contributed by atoms with van der Waals surface area (Å²) < 4.78 is 1.23. The third-order valence-corrected chi connectivity index (χ3v) is 2.44. The Labute approximate surface area is 104 Å². The van der Waals surface area contributed by atoms with Gasteiger partial charge in [0.05, 0.1) is 5.69 Å². The van der Waals surface area contributed by atoms with Crippen LogP contribution < -0.4 is 5.56 Å². The number of carbonyl (C=O) groups excluding carboxylic acids is 1. The smallest absolute Gasteiger partial charge is 0.266 e. The van der Waals surface area contributed by atoms with E-state index >= 15 is 0 Å². The summed E-state index contributed by atoms with van der Waals surface area (Å²) in [6.07, 6.45) is 3.04. The molecule has 0 saturated heterocycles. The monoisotopic (exact) mass is 240 g/mol. The lowest BCUT2D eigenvalue weighted by Gasteiger charge is -1.97. The van der Waals surface area contributed by atoms with Crippen molar-refractivity contribution in [3.8, 4) is 0 Å². The molecule has 0 atom stereocenters. The molecule has 0 N–H and O–H groups in total. The van der Waals surface area contributed by atoms with Gasteiger partial charge >= 0.3 is 0 Å². The molecule has 1 aromatic carbocycles. The maximum atomic E-state index is 11.8. The van der Waals surface area contributed by atoms with Crippen molar-refractivity contribution in [1.82, 2.24) is 9.78 Å². The number of carbonyl (C=O) groups is 1. The lowest BCUT2D eigenvalue weighted by molar-refractivity contribution is 0.104. The normalized spacial score (nSPS) is 10.7. The number of allylic oxidation sites excluding steroid dienone is 1. The van der Waals surface area contributed by atoms with Gasteiger partial charge in [-0.3, -0.25) is 9.59 Å². The minimum Gasteiger partial charge on any atom is -0.289 e. The molecule has 0 aliphatic heterocycles. The molecular formula is C14H12N2O2. The van der Waals surface area contributed by atoms with Crippen LogP contribution in [0.1, 0.15) is 16.1 Å². The Kier molecular flexibility index (Phi) is 3.48. The first-order valence-electron chi connectivity index (χ1n) is 5.48. The average molecular weight is 240 g/mol. The van der Waals surface area contributed by atoms with Crippen LogP contribution in [0.2, 0.25) is 0 Å². The van der Waals surface area contributed by atoms with Gasteiger partial charge in [0.2, 0.25) is 0 Å². The zero-order valence-corrected chi connectivity index (χ0v) is 9.91. The van der Waals surface area contributed by atoms with Gasteiger partial charge in [-0.1, -0.05) is 30.3 Å². The highest BCUT2D eigenvalue weighted by Gasteiger charge is 2.00. The molecule has 0 aliphatic carbocycles. The van der Waals surface area contributed by atoms with Crippen LogP contribution in [0.3, 0.4) is 0 Å². The molecule has 1 heterocycles. The first-order chi connectivity index (χ1) is 8.66. The van der Waals surface area contributed by atoms with E-state index in [1.807, 2.05) is 18.2 Å². The van der Waals surface area contributed by atoms with Crippen LogP contribution in [-0.2, 0) is 7.05 Å². The number of ketones is 1. The fourth-order valence-corrected chi connectivity index (χ4v) is 1.47. The van der Waals surface area contributed by atoms with E-state index in [0.717, 1.165) is 0 Å². The molecule has 2 rings (SSSR count). The molecule has 90 valence electrons. The third-order valence-electron chi connectivity index (χ3n) is 2.44. The average Bonchev–Trinajstić information content (AvgIpc) is 2.41. The Bertz CT molecular complexity index is 642. The van der Waals surface area contributed by atoms with Gasteiger partial charge in [0.15, 0.2) is 5.78 Å². The van der Waals surface area contributed by atoms with Gasteiger partial charge in [-0.2, -0.15) is 5.10 Å². The van der Waals surface area contributed by atoms with E-state index in [4.69, 9.17) is 0 Å². The van der Waals surface area contributed by atoms with Crippen LogP contribution in [0.4, 0.5) is 0 Å². The van der Waals surface area contributed by atoms with E-state index in [2.05, 4.69) is 5.10 Å². The second-order valence-electron chi connectivity index (χ2n) is 3.78. The van der Waals surface area contributed by atoms with E-state index in [9.17, 15) is 9.59 Å². The summed E-state index contributed by atoms with van der Waals surface area (Å²) in [5.74, 6) is -0.0914. The van der Waals surface area contributed by atoms with Gasteiger partial charge in [-0.25, -0.2) is 4.68 Å². The molecule has 0 bridgehead atoms. The Balaban J connectivity index is 2.18. The molecule has 18 heavy (non-hydrogen) atoms. The minimum absolute atomic E-state index is 0.0914. The Morgan fingerprint density at radius 1 is 1.17 bits per heavy atom. The van der Waals surface area contributed by atoms with Crippen LogP contribution in [0.15, 0.2) is 53.3 Å². The molecule has 4 nitrogen and oxygen atoms in total. The highest BCUT2D eigenvalue weighted by Crippen LogP contribution is 2.02. The predicted molar refractivity (Wildman–Crippen MR) is 69.3 cm³/mol. The second-order valence-corrected chi connectivity index (χ2v) is 3.78. The van der Waals surface area contributed by atoms with Crippen molar-refractivity contribution in [1.29, 1.82) is 0 Å².